The molecule has 0 saturated carbocycles. The van der Waals surface area contributed by atoms with E-state index in [1.807, 2.05) is 84.9 Å². The summed E-state index contributed by atoms with van der Waals surface area (Å²) in [5.74, 6) is -0.466. The lowest BCUT2D eigenvalue weighted by Gasteiger charge is -2.27. The Bertz CT molecular complexity index is 1260. The van der Waals surface area contributed by atoms with E-state index in [0.717, 1.165) is 16.7 Å². The van der Waals surface area contributed by atoms with Crippen molar-refractivity contribution >= 4 is 23.4 Å². The molecule has 1 aromatic heterocycles. The predicted molar refractivity (Wildman–Crippen MR) is 131 cm³/mol. The maximum absolute atomic E-state index is 13.2. The number of nitrogens with one attached hydrogen (secondary N) is 1. The fraction of sp³-hybridized carbons (Fsp3) is 0.148. The number of hydrogen-bond acceptors (Lipinski definition) is 3. The third-order valence-electron chi connectivity index (χ3n) is 5.93. The number of fused-ring (bicyclic) bond motifs is 1. The van der Waals surface area contributed by atoms with Gasteiger partial charge in [0.25, 0.3) is 11.8 Å². The number of benzene rings is 3. The van der Waals surface area contributed by atoms with Gasteiger partial charge in [-0.05, 0) is 28.8 Å². The zero-order valence-electron chi connectivity index (χ0n) is 18.4. The first-order chi connectivity index (χ1) is 16.6. The van der Waals surface area contributed by atoms with Gasteiger partial charge >= 0.3 is 0 Å². The average Bonchev–Trinajstić information content (AvgIpc) is 3.32. The van der Waals surface area contributed by atoms with Gasteiger partial charge in [-0.2, -0.15) is 5.10 Å². The van der Waals surface area contributed by atoms with Crippen molar-refractivity contribution < 1.29 is 9.59 Å². The minimum Gasteiger partial charge on any atom is -0.340 e. The maximum Gasteiger partial charge on any atom is 0.272 e. The normalized spacial score (nSPS) is 13.1. The number of nitrogens with zero attached hydrogens (tertiary/aromatic N) is 3. The summed E-state index contributed by atoms with van der Waals surface area (Å²) in [6, 6.07) is 28.3. The molecule has 4 aromatic rings. The van der Waals surface area contributed by atoms with Gasteiger partial charge in [-0.3, -0.25) is 14.3 Å². The van der Waals surface area contributed by atoms with Gasteiger partial charge in [-0.1, -0.05) is 84.4 Å². The van der Waals surface area contributed by atoms with E-state index in [4.69, 9.17) is 11.6 Å². The van der Waals surface area contributed by atoms with Crippen LogP contribution in [0.15, 0.2) is 91.0 Å². The summed E-state index contributed by atoms with van der Waals surface area (Å²) in [6.07, 6.45) is 0. The number of carbonyl (C=O) groups is 2. The average molecular weight is 471 g/mol. The van der Waals surface area contributed by atoms with Crippen molar-refractivity contribution in [2.75, 3.05) is 6.54 Å². The van der Waals surface area contributed by atoms with Gasteiger partial charge in [0.2, 0.25) is 0 Å². The van der Waals surface area contributed by atoms with Gasteiger partial charge in [0.15, 0.2) is 5.69 Å². The van der Waals surface area contributed by atoms with E-state index < -0.39 is 0 Å². The van der Waals surface area contributed by atoms with Crippen molar-refractivity contribution in [2.24, 2.45) is 0 Å². The molecule has 170 valence electrons. The molecule has 6 nitrogen and oxygen atoms in total. The highest BCUT2D eigenvalue weighted by molar-refractivity contribution is 6.30. The van der Waals surface area contributed by atoms with Gasteiger partial charge in [-0.15, -0.1) is 0 Å². The summed E-state index contributed by atoms with van der Waals surface area (Å²) in [4.78, 5) is 28.1. The maximum atomic E-state index is 13.2. The highest BCUT2D eigenvalue weighted by Gasteiger charge is 2.29. The Kier molecular flexibility index (Phi) is 6.14. The number of amides is 2. The van der Waals surface area contributed by atoms with Crippen LogP contribution in [0.2, 0.25) is 5.02 Å². The van der Waals surface area contributed by atoms with Gasteiger partial charge in [0.1, 0.15) is 5.69 Å². The zero-order chi connectivity index (χ0) is 23.5. The number of hydrogen-bond donors (Lipinski definition) is 1. The summed E-state index contributed by atoms with van der Waals surface area (Å²) in [5.41, 5.74) is 3.58. The van der Waals surface area contributed by atoms with Gasteiger partial charge in [-0.25, -0.2) is 0 Å². The first kappa shape index (κ1) is 21.9. The molecular weight excluding hydrogens is 448 g/mol. The van der Waals surface area contributed by atoms with Crippen molar-refractivity contribution in [3.63, 3.8) is 0 Å². The van der Waals surface area contributed by atoms with Crippen LogP contribution in [0.5, 0.6) is 0 Å². The summed E-state index contributed by atoms with van der Waals surface area (Å²) in [5, 5.41) is 8.19. The molecular formula is C27H23ClN4O2. The van der Waals surface area contributed by atoms with Crippen molar-refractivity contribution in [2.45, 2.75) is 19.1 Å². The molecule has 0 bridgehead atoms. The van der Waals surface area contributed by atoms with E-state index in [1.54, 1.807) is 15.6 Å². The second-order valence-corrected chi connectivity index (χ2v) is 8.66. The van der Waals surface area contributed by atoms with E-state index in [9.17, 15) is 9.59 Å². The fourth-order valence-electron chi connectivity index (χ4n) is 4.17. The molecule has 0 spiro atoms. The SMILES string of the molecule is O=C(NC(c1ccccc1)c1ccccc1)c1cc2n(n1)CCN(Cc1ccc(Cl)cc1)C2=O. The molecule has 0 saturated heterocycles. The van der Waals surface area contributed by atoms with E-state index >= 15 is 0 Å². The molecule has 0 aliphatic carbocycles. The molecule has 34 heavy (non-hydrogen) atoms. The lowest BCUT2D eigenvalue weighted by Crippen LogP contribution is -2.39. The van der Waals surface area contributed by atoms with Crippen LogP contribution in [-0.2, 0) is 13.1 Å². The van der Waals surface area contributed by atoms with E-state index in [1.165, 1.54) is 0 Å². The smallest absolute Gasteiger partial charge is 0.272 e. The third-order valence-corrected chi connectivity index (χ3v) is 6.18. The minimum atomic E-state index is -0.328. The number of rotatable bonds is 6. The van der Waals surface area contributed by atoms with Gasteiger partial charge in [0, 0.05) is 24.2 Å². The Hall–Kier alpha value is -3.90. The standard InChI is InChI=1S/C27H23ClN4O2/c28-22-13-11-19(12-14-22)18-31-15-16-32-24(27(31)34)17-23(30-32)26(33)29-25(20-7-3-1-4-8-20)21-9-5-2-6-10-21/h1-14,17,25H,15-16,18H2,(H,29,33). The first-order valence-electron chi connectivity index (χ1n) is 11.1. The van der Waals surface area contributed by atoms with Crippen LogP contribution in [0.25, 0.3) is 0 Å². The summed E-state index contributed by atoms with van der Waals surface area (Å²) in [6.45, 7) is 1.53. The van der Waals surface area contributed by atoms with Crippen LogP contribution >= 0.6 is 11.6 Å². The molecule has 1 aliphatic rings. The molecule has 2 heterocycles. The van der Waals surface area contributed by atoms with Gasteiger partial charge < -0.3 is 10.2 Å². The Balaban J connectivity index is 1.35. The van der Waals surface area contributed by atoms with Gasteiger partial charge in [0.05, 0.1) is 12.6 Å². The molecule has 7 heteroatoms. The van der Waals surface area contributed by atoms with Crippen LogP contribution in [-0.4, -0.2) is 33.0 Å². The molecule has 0 radical (unpaired) electrons. The van der Waals surface area contributed by atoms with Crippen LogP contribution in [0.3, 0.4) is 0 Å². The molecule has 1 N–H and O–H groups in total. The van der Waals surface area contributed by atoms with Crippen molar-refractivity contribution in [3.8, 4) is 0 Å². The molecule has 0 unspecified atom stereocenters. The second-order valence-electron chi connectivity index (χ2n) is 8.22. The van der Waals surface area contributed by atoms with Crippen LogP contribution in [0.1, 0.15) is 43.7 Å². The van der Waals surface area contributed by atoms with Crippen molar-refractivity contribution in [1.29, 1.82) is 0 Å². The van der Waals surface area contributed by atoms with Crippen LogP contribution in [0, 0.1) is 0 Å². The highest BCUT2D eigenvalue weighted by atomic mass is 35.5. The Morgan fingerprint density at radius 3 is 2.15 bits per heavy atom. The van der Waals surface area contributed by atoms with E-state index in [0.29, 0.717) is 30.4 Å². The lowest BCUT2D eigenvalue weighted by atomic mass is 9.98. The number of carbonyl (C=O) groups excluding carboxylic acids is 2. The summed E-state index contributed by atoms with van der Waals surface area (Å²) in [7, 11) is 0. The minimum absolute atomic E-state index is 0.143. The summed E-state index contributed by atoms with van der Waals surface area (Å²) < 4.78 is 1.62. The van der Waals surface area contributed by atoms with E-state index in [2.05, 4.69) is 10.4 Å². The number of halogens is 1. The first-order valence-corrected chi connectivity index (χ1v) is 11.5. The Morgan fingerprint density at radius 2 is 1.53 bits per heavy atom. The molecule has 0 atom stereocenters. The zero-order valence-corrected chi connectivity index (χ0v) is 19.2. The molecule has 2 amide bonds. The van der Waals surface area contributed by atoms with Crippen LogP contribution < -0.4 is 5.32 Å². The molecule has 1 aliphatic heterocycles. The van der Waals surface area contributed by atoms with Crippen molar-refractivity contribution in [1.82, 2.24) is 20.0 Å². The Morgan fingerprint density at radius 1 is 0.912 bits per heavy atom. The topological polar surface area (TPSA) is 67.2 Å². The highest BCUT2D eigenvalue weighted by Crippen LogP contribution is 2.23. The largest absolute Gasteiger partial charge is 0.340 e. The predicted octanol–water partition coefficient (Wildman–Crippen LogP) is 4.71. The third kappa shape index (κ3) is 4.58. The number of aromatic nitrogens is 2. The Labute approximate surface area is 202 Å². The lowest BCUT2D eigenvalue weighted by molar-refractivity contribution is 0.0683. The second kappa shape index (κ2) is 9.53. The monoisotopic (exact) mass is 470 g/mol. The molecule has 0 fully saturated rings. The van der Waals surface area contributed by atoms with Crippen molar-refractivity contribution in [3.05, 3.63) is 124 Å². The summed E-state index contributed by atoms with van der Waals surface area (Å²) >= 11 is 5.97. The molecule has 5 rings (SSSR count). The van der Waals surface area contributed by atoms with E-state index in [-0.39, 0.29) is 23.6 Å². The fourth-order valence-corrected chi connectivity index (χ4v) is 4.29. The van der Waals surface area contributed by atoms with Crippen LogP contribution in [0.4, 0.5) is 0 Å². The quantitative estimate of drug-likeness (QED) is 0.443. The molecule has 3 aromatic carbocycles.